The van der Waals surface area contributed by atoms with Crippen molar-refractivity contribution in [2.24, 2.45) is 0 Å². The van der Waals surface area contributed by atoms with Gasteiger partial charge in [-0.3, -0.25) is 9.59 Å². The van der Waals surface area contributed by atoms with Crippen molar-refractivity contribution in [3.05, 3.63) is 0 Å². The minimum absolute atomic E-state index is 0.197. The lowest BCUT2D eigenvalue weighted by atomic mass is 9.85. The topological polar surface area (TPSA) is 172 Å². The second kappa shape index (κ2) is 24.7. The van der Waals surface area contributed by atoms with E-state index in [1.165, 1.54) is 57.8 Å². The van der Waals surface area contributed by atoms with Crippen molar-refractivity contribution < 1.29 is 53.6 Å². The third-order valence-electron chi connectivity index (χ3n) is 7.95. The maximum Gasteiger partial charge on any atom is 0.306 e. The van der Waals surface area contributed by atoms with Gasteiger partial charge >= 0.3 is 11.9 Å². The molecule has 0 aromatic carbocycles. The lowest BCUT2D eigenvalue weighted by Gasteiger charge is -2.42. The molecule has 11 nitrogen and oxygen atoms in total. The summed E-state index contributed by atoms with van der Waals surface area (Å²) in [5, 5.41) is 50.2. The summed E-state index contributed by atoms with van der Waals surface area (Å²) in [6.45, 7) is 3.64. The highest BCUT2D eigenvalue weighted by Crippen LogP contribution is 2.55. The van der Waals surface area contributed by atoms with E-state index in [0.717, 1.165) is 32.1 Å². The van der Waals surface area contributed by atoms with E-state index in [-0.39, 0.29) is 26.1 Å². The van der Waals surface area contributed by atoms with E-state index in [1.54, 1.807) is 0 Å². The molecule has 0 aromatic rings. The van der Waals surface area contributed by atoms with Crippen molar-refractivity contribution in [2.75, 3.05) is 13.2 Å². The van der Waals surface area contributed by atoms with Crippen LogP contribution in [-0.2, 0) is 39.9 Å². The number of aliphatic hydroxyl groups is 5. The quantitative estimate of drug-likeness (QED) is 0.0313. The van der Waals surface area contributed by atoms with E-state index in [1.807, 2.05) is 6.92 Å². The number of esters is 2. The highest BCUT2D eigenvalue weighted by atomic mass is 32.9. The Balaban J connectivity index is 2.51. The summed E-state index contributed by atoms with van der Waals surface area (Å²) in [4.78, 5) is 24.8. The third-order valence-corrected chi connectivity index (χ3v) is 10.1. The molecule has 1 aliphatic rings. The first-order valence-electron chi connectivity index (χ1n) is 16.8. The van der Waals surface area contributed by atoms with E-state index >= 15 is 0 Å². The first kappa shape index (κ1) is 42.7. The van der Waals surface area contributed by atoms with Crippen molar-refractivity contribution in [3.63, 3.8) is 0 Å². The molecule has 0 heterocycles. The number of unbranched alkanes of at least 4 members (excludes halogenated alkanes) is 14. The maximum absolute atomic E-state index is 12.6. The van der Waals surface area contributed by atoms with Gasteiger partial charge in [0.05, 0.1) is 6.61 Å². The maximum atomic E-state index is 12.6. The number of ether oxygens (including phenoxy) is 2. The molecule has 266 valence electrons. The van der Waals surface area contributed by atoms with Crippen LogP contribution >= 0.6 is 17.9 Å². The second-order valence-electron chi connectivity index (χ2n) is 12.0. The average molecular weight is 703 g/mol. The zero-order valence-electron chi connectivity index (χ0n) is 27.2. The van der Waals surface area contributed by atoms with Gasteiger partial charge in [-0.2, -0.15) is 0 Å². The Kier molecular flexibility index (Phi) is 23.5. The highest BCUT2D eigenvalue weighted by molar-refractivity contribution is 8.60. The van der Waals surface area contributed by atoms with Crippen molar-refractivity contribution in [1.82, 2.24) is 0 Å². The summed E-state index contributed by atoms with van der Waals surface area (Å²) in [6, 6.07) is 0. The zero-order valence-corrected chi connectivity index (χ0v) is 29.8. The molecule has 0 amide bonds. The third kappa shape index (κ3) is 18.7. The Hall–Kier alpha value is -0.340. The molecule has 1 rings (SSSR count). The molecule has 0 radical (unpaired) electrons. The second-order valence-corrected chi connectivity index (χ2v) is 17.3. The Morgan fingerprint density at radius 1 is 0.644 bits per heavy atom. The molecule has 0 spiro atoms. The van der Waals surface area contributed by atoms with Crippen LogP contribution in [0, 0.1) is 0 Å². The molecule has 0 aliphatic heterocycles. The fourth-order valence-corrected chi connectivity index (χ4v) is 7.09. The smallest absolute Gasteiger partial charge is 0.306 e. The van der Waals surface area contributed by atoms with Crippen LogP contribution in [0.4, 0.5) is 0 Å². The Labute approximate surface area is 280 Å². The van der Waals surface area contributed by atoms with Gasteiger partial charge in [0.15, 0.2) is 6.10 Å². The first-order valence-corrected chi connectivity index (χ1v) is 20.6. The van der Waals surface area contributed by atoms with Crippen LogP contribution in [-0.4, -0.2) is 93.4 Å². The molecule has 0 saturated heterocycles. The summed E-state index contributed by atoms with van der Waals surface area (Å²) < 4.78 is 21.9. The molecule has 1 aliphatic carbocycles. The lowest BCUT2D eigenvalue weighted by molar-refractivity contribution is -0.216. The van der Waals surface area contributed by atoms with Gasteiger partial charge in [-0.05, 0) is 24.6 Å². The standard InChI is InChI=1S/C31H59O11PS2/c1-3-5-7-8-9-10-11-12-13-14-15-16-18-20-25(33)41-23(21-39-24(32)19-17-6-4-2)22-40-43(44,45)42-31-29(37)27(35)26(34)28(36)30(31)38/h23,26-31,34-38H,3-22H2,1-2H3,(H,44,45)/t23-,26?,27-,28+,29-,30-,31?/m1/s1. The van der Waals surface area contributed by atoms with E-state index in [2.05, 4.69) is 19.2 Å². The molecule has 1 saturated carbocycles. The van der Waals surface area contributed by atoms with E-state index in [4.69, 9.17) is 30.3 Å². The fourth-order valence-electron chi connectivity index (χ4n) is 5.11. The predicted molar refractivity (Wildman–Crippen MR) is 179 cm³/mol. The van der Waals surface area contributed by atoms with Gasteiger partial charge in [-0.15, -0.1) is 0 Å². The zero-order chi connectivity index (χ0) is 33.7. The van der Waals surface area contributed by atoms with Crippen molar-refractivity contribution in [1.29, 1.82) is 0 Å². The molecule has 45 heavy (non-hydrogen) atoms. The SMILES string of the molecule is CCCCCCCCCCCCCCCC(=O)O[C@H](COC(=O)CCCCC)COP(=S)(S)OC1[C@H](O)[C@H](O)C(O)[C@H](O)[C@H]1O. The molecule has 3 unspecified atom stereocenters. The van der Waals surface area contributed by atoms with Gasteiger partial charge < -0.3 is 44.1 Å². The summed E-state index contributed by atoms with van der Waals surface area (Å²) in [5.74, 6) is -0.905. The Bertz CT molecular complexity index is 836. The average Bonchev–Trinajstić information content (AvgIpc) is 3.01. The van der Waals surface area contributed by atoms with Crippen LogP contribution in [0.25, 0.3) is 0 Å². The van der Waals surface area contributed by atoms with Crippen molar-refractivity contribution in [2.45, 2.75) is 172 Å². The van der Waals surface area contributed by atoms with E-state index in [0.29, 0.717) is 12.8 Å². The summed E-state index contributed by atoms with van der Waals surface area (Å²) in [6.07, 6.45) is 6.79. The summed E-state index contributed by atoms with van der Waals surface area (Å²) in [5.41, 5.74) is -3.55. The fraction of sp³-hybridized carbons (Fsp3) is 0.935. The summed E-state index contributed by atoms with van der Waals surface area (Å²) in [7, 11) is 0. The molecule has 0 aromatic heterocycles. The van der Waals surface area contributed by atoms with Crippen LogP contribution < -0.4 is 0 Å². The van der Waals surface area contributed by atoms with Crippen LogP contribution in [0.3, 0.4) is 0 Å². The van der Waals surface area contributed by atoms with Crippen LogP contribution in [0.1, 0.15) is 129 Å². The van der Waals surface area contributed by atoms with Crippen molar-refractivity contribution >= 4 is 41.7 Å². The van der Waals surface area contributed by atoms with Gasteiger partial charge in [0.25, 0.3) is 0 Å². The normalized spacial score (nSPS) is 25.4. The Morgan fingerprint density at radius 2 is 1.04 bits per heavy atom. The number of aliphatic hydroxyl groups excluding tert-OH is 5. The number of hydrogen-bond acceptors (Lipinski definition) is 12. The number of hydrogen-bond donors (Lipinski definition) is 6. The van der Waals surface area contributed by atoms with Crippen LogP contribution in [0.5, 0.6) is 0 Å². The number of thiol groups is 1. The van der Waals surface area contributed by atoms with Crippen LogP contribution in [0.15, 0.2) is 0 Å². The van der Waals surface area contributed by atoms with Gasteiger partial charge in [0.2, 0.25) is 5.69 Å². The number of rotatable bonds is 26. The van der Waals surface area contributed by atoms with Gasteiger partial charge in [0, 0.05) is 12.8 Å². The van der Waals surface area contributed by atoms with Crippen LogP contribution in [0.2, 0.25) is 0 Å². The molecule has 8 atom stereocenters. The highest BCUT2D eigenvalue weighted by Gasteiger charge is 2.50. The minimum Gasteiger partial charge on any atom is -0.462 e. The molecular formula is C31H59O11PS2. The van der Waals surface area contributed by atoms with E-state index < -0.39 is 60.4 Å². The Morgan fingerprint density at radius 3 is 1.56 bits per heavy atom. The number of carbonyl (C=O) groups is 2. The lowest BCUT2D eigenvalue weighted by Crippen LogP contribution is -2.64. The number of carbonyl (C=O) groups excluding carboxylic acids is 2. The first-order chi connectivity index (χ1) is 21.4. The molecule has 5 N–H and O–H groups in total. The van der Waals surface area contributed by atoms with Gasteiger partial charge in [-0.1, -0.05) is 116 Å². The predicted octanol–water partition coefficient (Wildman–Crippen LogP) is 4.88. The summed E-state index contributed by atoms with van der Waals surface area (Å²) >= 11 is 9.48. The van der Waals surface area contributed by atoms with Gasteiger partial charge in [0.1, 0.15) is 43.2 Å². The molecule has 1 fully saturated rings. The van der Waals surface area contributed by atoms with E-state index in [9.17, 15) is 35.1 Å². The van der Waals surface area contributed by atoms with Gasteiger partial charge in [-0.25, -0.2) is 0 Å². The van der Waals surface area contributed by atoms with Crippen molar-refractivity contribution in [3.8, 4) is 0 Å². The molecule has 0 bridgehead atoms. The monoisotopic (exact) mass is 702 g/mol. The largest absolute Gasteiger partial charge is 0.462 e. The minimum atomic E-state index is -3.55. The molecular weight excluding hydrogens is 643 g/mol. The molecule has 14 heteroatoms.